The van der Waals surface area contributed by atoms with E-state index in [1.165, 1.54) is 18.2 Å². The lowest BCUT2D eigenvalue weighted by atomic mass is 10.2. The Kier molecular flexibility index (Phi) is 4.57. The molecule has 0 unspecified atom stereocenters. The van der Waals surface area contributed by atoms with Crippen molar-refractivity contribution < 1.29 is 22.6 Å². The molecule has 0 bridgehead atoms. The summed E-state index contributed by atoms with van der Waals surface area (Å²) < 4.78 is 46.5. The number of anilines is 1. The van der Waals surface area contributed by atoms with Crippen molar-refractivity contribution in [1.82, 2.24) is 0 Å². The van der Waals surface area contributed by atoms with Gasteiger partial charge in [0.25, 0.3) is 0 Å². The molecule has 0 radical (unpaired) electrons. The Morgan fingerprint density at radius 1 is 0.952 bits per heavy atom. The first kappa shape index (κ1) is 15.0. The van der Waals surface area contributed by atoms with E-state index in [4.69, 9.17) is 10.5 Å². The van der Waals surface area contributed by atoms with Gasteiger partial charge in [-0.1, -0.05) is 30.3 Å². The van der Waals surface area contributed by atoms with Crippen molar-refractivity contribution in [1.29, 1.82) is 0 Å². The fraction of sp³-hybridized carbons (Fsp3) is 0.200. The van der Waals surface area contributed by atoms with E-state index in [0.717, 1.165) is 5.56 Å². The van der Waals surface area contributed by atoms with Crippen LogP contribution in [-0.2, 0) is 6.61 Å². The highest BCUT2D eigenvalue weighted by Crippen LogP contribution is 2.28. The molecule has 2 aromatic rings. The molecule has 6 heteroatoms. The van der Waals surface area contributed by atoms with Crippen molar-refractivity contribution in [2.75, 3.05) is 12.3 Å². The van der Waals surface area contributed by atoms with Gasteiger partial charge in [0.2, 0.25) is 0 Å². The Balaban J connectivity index is 2.02. The fourth-order valence-electron chi connectivity index (χ4n) is 1.63. The van der Waals surface area contributed by atoms with Gasteiger partial charge < -0.3 is 15.2 Å². The highest BCUT2D eigenvalue weighted by molar-refractivity contribution is 5.55. The average Bonchev–Trinajstić information content (AvgIpc) is 2.45. The van der Waals surface area contributed by atoms with Crippen LogP contribution in [0.5, 0.6) is 11.5 Å². The Morgan fingerprint density at radius 2 is 1.67 bits per heavy atom. The van der Waals surface area contributed by atoms with Crippen molar-refractivity contribution in [2.45, 2.75) is 12.8 Å². The van der Waals surface area contributed by atoms with E-state index >= 15 is 0 Å². The molecule has 0 aliphatic heterocycles. The van der Waals surface area contributed by atoms with E-state index in [0.29, 0.717) is 11.4 Å². The van der Waals surface area contributed by atoms with Crippen molar-refractivity contribution in [2.24, 2.45) is 0 Å². The second kappa shape index (κ2) is 6.39. The van der Waals surface area contributed by atoms with E-state index in [-0.39, 0.29) is 12.4 Å². The SMILES string of the molecule is Nc1ccc(OCC(F)(F)F)cc1OCc1ccccc1. The summed E-state index contributed by atoms with van der Waals surface area (Å²) in [6.45, 7) is -1.08. The third kappa shape index (κ3) is 4.91. The molecule has 0 aliphatic carbocycles. The Morgan fingerprint density at radius 3 is 2.33 bits per heavy atom. The molecular formula is C15H14F3NO2. The summed E-state index contributed by atoms with van der Waals surface area (Å²) in [4.78, 5) is 0. The molecule has 2 N–H and O–H groups in total. The topological polar surface area (TPSA) is 44.5 Å². The number of rotatable bonds is 5. The van der Waals surface area contributed by atoms with Crippen LogP contribution in [-0.4, -0.2) is 12.8 Å². The van der Waals surface area contributed by atoms with Gasteiger partial charge in [-0.25, -0.2) is 0 Å². The molecule has 0 aromatic heterocycles. The predicted molar refractivity (Wildman–Crippen MR) is 73.2 cm³/mol. The number of halogens is 3. The third-order valence-electron chi connectivity index (χ3n) is 2.62. The van der Waals surface area contributed by atoms with Gasteiger partial charge in [-0.3, -0.25) is 0 Å². The summed E-state index contributed by atoms with van der Waals surface area (Å²) in [5.41, 5.74) is 7.00. The summed E-state index contributed by atoms with van der Waals surface area (Å²) in [6.07, 6.45) is -4.38. The van der Waals surface area contributed by atoms with Crippen LogP contribution in [0.2, 0.25) is 0 Å². The molecule has 3 nitrogen and oxygen atoms in total. The van der Waals surface area contributed by atoms with Crippen molar-refractivity contribution in [3.63, 3.8) is 0 Å². The van der Waals surface area contributed by atoms with Crippen LogP contribution < -0.4 is 15.2 Å². The van der Waals surface area contributed by atoms with E-state index in [2.05, 4.69) is 4.74 Å². The van der Waals surface area contributed by atoms with Gasteiger partial charge in [0, 0.05) is 6.07 Å². The van der Waals surface area contributed by atoms with Crippen LogP contribution in [0.3, 0.4) is 0 Å². The zero-order chi connectivity index (χ0) is 15.3. The first-order valence-corrected chi connectivity index (χ1v) is 6.20. The minimum absolute atomic E-state index is 0.0598. The Hall–Kier alpha value is -2.37. The Bertz CT molecular complexity index is 585. The predicted octanol–water partition coefficient (Wildman–Crippen LogP) is 3.79. The largest absolute Gasteiger partial charge is 0.487 e. The molecule has 2 aromatic carbocycles. The highest BCUT2D eigenvalue weighted by atomic mass is 19.4. The fourth-order valence-corrected chi connectivity index (χ4v) is 1.63. The summed E-state index contributed by atoms with van der Waals surface area (Å²) in [7, 11) is 0. The molecule has 0 amide bonds. The summed E-state index contributed by atoms with van der Waals surface area (Å²) in [6, 6.07) is 13.5. The molecule has 0 atom stereocenters. The molecule has 2 rings (SSSR count). The maximum atomic E-state index is 12.1. The van der Waals surface area contributed by atoms with E-state index in [9.17, 15) is 13.2 Å². The van der Waals surface area contributed by atoms with Crippen LogP contribution in [0, 0.1) is 0 Å². The van der Waals surface area contributed by atoms with E-state index < -0.39 is 12.8 Å². The first-order valence-electron chi connectivity index (χ1n) is 6.20. The monoisotopic (exact) mass is 297 g/mol. The van der Waals surface area contributed by atoms with E-state index in [1.54, 1.807) is 0 Å². The molecule has 112 valence electrons. The smallest absolute Gasteiger partial charge is 0.422 e. The lowest BCUT2D eigenvalue weighted by Crippen LogP contribution is -2.19. The molecular weight excluding hydrogens is 283 g/mol. The van der Waals surface area contributed by atoms with Gasteiger partial charge in [0.15, 0.2) is 6.61 Å². The normalized spacial score (nSPS) is 11.2. The van der Waals surface area contributed by atoms with Gasteiger partial charge in [-0.2, -0.15) is 13.2 Å². The number of hydrogen-bond acceptors (Lipinski definition) is 3. The minimum atomic E-state index is -4.38. The molecule has 0 aliphatic rings. The molecule has 0 fully saturated rings. The third-order valence-corrected chi connectivity index (χ3v) is 2.62. The van der Waals surface area contributed by atoms with Crippen LogP contribution in [0.25, 0.3) is 0 Å². The average molecular weight is 297 g/mol. The zero-order valence-corrected chi connectivity index (χ0v) is 11.1. The van der Waals surface area contributed by atoms with Crippen LogP contribution in [0.1, 0.15) is 5.56 Å². The second-order valence-electron chi connectivity index (χ2n) is 4.38. The Labute approximate surface area is 120 Å². The maximum Gasteiger partial charge on any atom is 0.422 e. The molecule has 0 saturated carbocycles. The highest BCUT2D eigenvalue weighted by Gasteiger charge is 2.28. The molecule has 21 heavy (non-hydrogen) atoms. The lowest BCUT2D eigenvalue weighted by Gasteiger charge is -2.13. The van der Waals surface area contributed by atoms with Gasteiger partial charge in [-0.15, -0.1) is 0 Å². The number of hydrogen-bond donors (Lipinski definition) is 1. The summed E-state index contributed by atoms with van der Waals surface area (Å²) in [5.74, 6) is 0.350. The second-order valence-corrected chi connectivity index (χ2v) is 4.38. The lowest BCUT2D eigenvalue weighted by molar-refractivity contribution is -0.153. The summed E-state index contributed by atoms with van der Waals surface area (Å²) in [5, 5.41) is 0. The quantitative estimate of drug-likeness (QED) is 0.854. The number of nitrogens with two attached hydrogens (primary N) is 1. The maximum absolute atomic E-state index is 12.1. The van der Waals surface area contributed by atoms with E-state index in [1.807, 2.05) is 30.3 Å². The minimum Gasteiger partial charge on any atom is -0.487 e. The number of alkyl halides is 3. The van der Waals surface area contributed by atoms with Crippen LogP contribution >= 0.6 is 0 Å². The first-order chi connectivity index (χ1) is 9.94. The van der Waals surface area contributed by atoms with Gasteiger partial charge >= 0.3 is 6.18 Å². The van der Waals surface area contributed by atoms with Crippen molar-refractivity contribution in [3.05, 3.63) is 54.1 Å². The van der Waals surface area contributed by atoms with Crippen LogP contribution in [0.15, 0.2) is 48.5 Å². The van der Waals surface area contributed by atoms with Gasteiger partial charge in [-0.05, 0) is 17.7 Å². The number of benzene rings is 2. The van der Waals surface area contributed by atoms with Crippen molar-refractivity contribution >= 4 is 5.69 Å². The summed E-state index contributed by atoms with van der Waals surface area (Å²) >= 11 is 0. The van der Waals surface area contributed by atoms with Gasteiger partial charge in [0.05, 0.1) is 5.69 Å². The van der Waals surface area contributed by atoms with Crippen LogP contribution in [0.4, 0.5) is 18.9 Å². The standard InChI is InChI=1S/C15H14F3NO2/c16-15(17,18)10-21-12-6-7-13(19)14(8-12)20-9-11-4-2-1-3-5-11/h1-8H,9-10,19H2. The number of ether oxygens (including phenoxy) is 2. The number of nitrogen functional groups attached to an aromatic ring is 1. The molecule has 0 saturated heterocycles. The van der Waals surface area contributed by atoms with Gasteiger partial charge in [0.1, 0.15) is 18.1 Å². The van der Waals surface area contributed by atoms with Crippen molar-refractivity contribution in [3.8, 4) is 11.5 Å². The molecule has 0 heterocycles. The molecule has 0 spiro atoms. The zero-order valence-electron chi connectivity index (χ0n) is 11.1.